The highest BCUT2D eigenvalue weighted by Gasteiger charge is 2.34. The molecule has 0 aromatic heterocycles. The molecule has 0 radical (unpaired) electrons. The van der Waals surface area contributed by atoms with Crippen molar-refractivity contribution in [3.8, 4) is 0 Å². The van der Waals surface area contributed by atoms with Crippen molar-refractivity contribution in [2.45, 2.75) is 50.4 Å². The zero-order chi connectivity index (χ0) is 14.0. The fourth-order valence-corrected chi connectivity index (χ4v) is 4.10. The highest BCUT2D eigenvalue weighted by atomic mass is 32.2. The Balaban J connectivity index is 1.93. The summed E-state index contributed by atoms with van der Waals surface area (Å²) in [6.07, 6.45) is 3.38. The lowest BCUT2D eigenvalue weighted by molar-refractivity contribution is 0.143. The van der Waals surface area contributed by atoms with Gasteiger partial charge in [-0.1, -0.05) is 6.92 Å². The molecule has 0 aromatic carbocycles. The Morgan fingerprint density at radius 1 is 1.32 bits per heavy atom. The number of hydrogen-bond acceptors (Lipinski definition) is 4. The van der Waals surface area contributed by atoms with Crippen LogP contribution < -0.4 is 5.32 Å². The molecule has 1 saturated carbocycles. The van der Waals surface area contributed by atoms with E-state index in [1.165, 1.54) is 12.8 Å². The number of sulfonamides is 1. The fraction of sp³-hybridized carbons (Fsp3) is 1.00. The molecule has 1 saturated heterocycles. The van der Waals surface area contributed by atoms with Gasteiger partial charge in [0.2, 0.25) is 10.0 Å². The minimum Gasteiger partial charge on any atom is -0.313 e. The molecule has 112 valence electrons. The Kier molecular flexibility index (Phi) is 4.87. The van der Waals surface area contributed by atoms with E-state index in [4.69, 9.17) is 0 Å². The molecule has 0 aromatic rings. The summed E-state index contributed by atoms with van der Waals surface area (Å²) >= 11 is 0. The second-order valence-corrected chi connectivity index (χ2v) is 8.29. The van der Waals surface area contributed by atoms with Crippen molar-refractivity contribution in [1.82, 2.24) is 14.5 Å². The van der Waals surface area contributed by atoms with Crippen LogP contribution in [0.1, 0.15) is 33.1 Å². The summed E-state index contributed by atoms with van der Waals surface area (Å²) in [6.45, 7) is 6.63. The fourth-order valence-electron chi connectivity index (χ4n) is 2.57. The SMILES string of the molecule is CCC1CN(S(=O)(=O)C(C)CNC2CC2)CCN1C. The first-order valence-electron chi connectivity index (χ1n) is 7.37. The van der Waals surface area contributed by atoms with Gasteiger partial charge in [-0.05, 0) is 33.2 Å². The van der Waals surface area contributed by atoms with E-state index in [0.717, 1.165) is 13.0 Å². The topological polar surface area (TPSA) is 52.7 Å². The minimum absolute atomic E-state index is 0.325. The molecule has 2 fully saturated rings. The maximum Gasteiger partial charge on any atom is 0.218 e. The molecule has 0 spiro atoms. The van der Waals surface area contributed by atoms with Gasteiger partial charge in [-0.2, -0.15) is 4.31 Å². The zero-order valence-electron chi connectivity index (χ0n) is 12.3. The van der Waals surface area contributed by atoms with Gasteiger partial charge in [0.05, 0.1) is 5.25 Å². The lowest BCUT2D eigenvalue weighted by Gasteiger charge is -2.39. The molecule has 2 unspecified atom stereocenters. The van der Waals surface area contributed by atoms with Gasteiger partial charge in [0.15, 0.2) is 0 Å². The summed E-state index contributed by atoms with van der Waals surface area (Å²) in [7, 11) is -1.07. The second-order valence-electron chi connectivity index (χ2n) is 5.94. The van der Waals surface area contributed by atoms with E-state index in [9.17, 15) is 8.42 Å². The molecule has 0 amide bonds. The van der Waals surface area contributed by atoms with Gasteiger partial charge in [0.1, 0.15) is 0 Å². The summed E-state index contributed by atoms with van der Waals surface area (Å²) in [5.41, 5.74) is 0. The monoisotopic (exact) mass is 289 g/mol. The Hall–Kier alpha value is -0.170. The average Bonchev–Trinajstić information content (AvgIpc) is 3.20. The summed E-state index contributed by atoms with van der Waals surface area (Å²) in [5, 5.41) is 2.99. The van der Waals surface area contributed by atoms with Crippen molar-refractivity contribution in [3.05, 3.63) is 0 Å². The first-order valence-corrected chi connectivity index (χ1v) is 8.88. The molecule has 6 heteroatoms. The van der Waals surface area contributed by atoms with Gasteiger partial charge in [0, 0.05) is 38.3 Å². The molecular formula is C13H27N3O2S. The number of likely N-dealkylation sites (N-methyl/N-ethyl adjacent to an activating group) is 1. The number of hydrogen-bond donors (Lipinski definition) is 1. The van der Waals surface area contributed by atoms with E-state index in [1.807, 2.05) is 6.92 Å². The molecule has 1 aliphatic heterocycles. The van der Waals surface area contributed by atoms with E-state index in [2.05, 4.69) is 24.2 Å². The van der Waals surface area contributed by atoms with E-state index >= 15 is 0 Å². The van der Waals surface area contributed by atoms with Crippen LogP contribution in [0.2, 0.25) is 0 Å². The molecule has 2 atom stereocenters. The van der Waals surface area contributed by atoms with Crippen molar-refractivity contribution in [2.24, 2.45) is 0 Å². The number of piperazine rings is 1. The highest BCUT2D eigenvalue weighted by molar-refractivity contribution is 7.89. The van der Waals surface area contributed by atoms with Gasteiger partial charge < -0.3 is 10.2 Å². The Bertz CT molecular complexity index is 395. The molecule has 0 bridgehead atoms. The first kappa shape index (κ1) is 15.2. The van der Waals surface area contributed by atoms with Crippen LogP contribution in [0, 0.1) is 0 Å². The Labute approximate surface area is 117 Å². The Morgan fingerprint density at radius 3 is 2.58 bits per heavy atom. The smallest absolute Gasteiger partial charge is 0.218 e. The summed E-state index contributed by atoms with van der Waals surface area (Å²) in [6, 6.07) is 0.917. The van der Waals surface area contributed by atoms with Crippen molar-refractivity contribution in [3.63, 3.8) is 0 Å². The lowest BCUT2D eigenvalue weighted by Crippen LogP contribution is -2.55. The van der Waals surface area contributed by atoms with Crippen LogP contribution in [0.25, 0.3) is 0 Å². The zero-order valence-corrected chi connectivity index (χ0v) is 13.1. The largest absolute Gasteiger partial charge is 0.313 e. The minimum atomic E-state index is -3.15. The van der Waals surface area contributed by atoms with Crippen LogP contribution in [-0.4, -0.2) is 68.2 Å². The highest BCUT2D eigenvalue weighted by Crippen LogP contribution is 2.20. The van der Waals surface area contributed by atoms with Gasteiger partial charge in [-0.3, -0.25) is 0 Å². The molecule has 19 heavy (non-hydrogen) atoms. The van der Waals surface area contributed by atoms with Gasteiger partial charge in [-0.15, -0.1) is 0 Å². The van der Waals surface area contributed by atoms with E-state index < -0.39 is 10.0 Å². The molecule has 2 rings (SSSR count). The van der Waals surface area contributed by atoms with Crippen LogP contribution in [0.15, 0.2) is 0 Å². The molecule has 1 aliphatic carbocycles. The van der Waals surface area contributed by atoms with Gasteiger partial charge >= 0.3 is 0 Å². The van der Waals surface area contributed by atoms with Crippen LogP contribution in [0.4, 0.5) is 0 Å². The maximum atomic E-state index is 12.6. The van der Waals surface area contributed by atoms with Crippen LogP contribution in [0.5, 0.6) is 0 Å². The molecular weight excluding hydrogens is 262 g/mol. The van der Waals surface area contributed by atoms with Crippen LogP contribution in [-0.2, 0) is 10.0 Å². The van der Waals surface area contributed by atoms with E-state index in [1.54, 1.807) is 4.31 Å². The lowest BCUT2D eigenvalue weighted by atomic mass is 10.1. The van der Waals surface area contributed by atoms with Crippen LogP contribution in [0.3, 0.4) is 0 Å². The van der Waals surface area contributed by atoms with E-state index in [-0.39, 0.29) is 5.25 Å². The Morgan fingerprint density at radius 2 is 2.00 bits per heavy atom. The molecule has 1 N–H and O–H groups in total. The first-order chi connectivity index (χ1) is 8.95. The molecule has 1 heterocycles. The van der Waals surface area contributed by atoms with Gasteiger partial charge in [0.25, 0.3) is 0 Å². The second kappa shape index (κ2) is 6.08. The van der Waals surface area contributed by atoms with Gasteiger partial charge in [-0.25, -0.2) is 8.42 Å². The quantitative estimate of drug-likeness (QED) is 0.773. The molecule has 2 aliphatic rings. The normalized spacial score (nSPS) is 28.5. The van der Waals surface area contributed by atoms with Crippen molar-refractivity contribution in [2.75, 3.05) is 33.2 Å². The standard InChI is InChI=1S/C13H27N3O2S/c1-4-13-10-16(8-7-15(13)3)19(17,18)11(2)9-14-12-5-6-12/h11-14H,4-10H2,1-3H3. The summed E-state index contributed by atoms with van der Waals surface area (Å²) in [5.74, 6) is 0. The molecule has 5 nitrogen and oxygen atoms in total. The third-order valence-electron chi connectivity index (χ3n) is 4.35. The summed E-state index contributed by atoms with van der Waals surface area (Å²) in [4.78, 5) is 2.26. The maximum absolute atomic E-state index is 12.6. The summed E-state index contributed by atoms with van der Waals surface area (Å²) < 4.78 is 26.8. The van der Waals surface area contributed by atoms with Crippen LogP contribution >= 0.6 is 0 Å². The third-order valence-corrected chi connectivity index (χ3v) is 6.59. The van der Waals surface area contributed by atoms with Crippen molar-refractivity contribution >= 4 is 10.0 Å². The number of nitrogens with one attached hydrogen (secondary N) is 1. The van der Waals surface area contributed by atoms with Crippen molar-refractivity contribution in [1.29, 1.82) is 0 Å². The third kappa shape index (κ3) is 3.68. The number of rotatable bonds is 6. The predicted octanol–water partition coefficient (Wildman–Crippen LogP) is 0.483. The van der Waals surface area contributed by atoms with Crippen molar-refractivity contribution < 1.29 is 8.42 Å². The average molecular weight is 289 g/mol. The van der Waals surface area contributed by atoms with E-state index in [0.29, 0.717) is 31.7 Å². The predicted molar refractivity (Wildman–Crippen MR) is 77.7 cm³/mol. The number of nitrogens with zero attached hydrogens (tertiary/aromatic N) is 2.